The average molecular weight is 369 g/mol. The molecular formula is C20H24N4OS. The van der Waals surface area contributed by atoms with Crippen molar-refractivity contribution < 1.29 is 4.79 Å². The largest absolute Gasteiger partial charge is 0.347 e. The van der Waals surface area contributed by atoms with Gasteiger partial charge in [-0.3, -0.25) is 4.79 Å². The van der Waals surface area contributed by atoms with Crippen LogP contribution in [0.3, 0.4) is 0 Å². The first-order valence-corrected chi connectivity index (χ1v) is 9.98. The van der Waals surface area contributed by atoms with Crippen LogP contribution >= 0.6 is 11.8 Å². The van der Waals surface area contributed by atoms with E-state index in [-0.39, 0.29) is 11.2 Å². The van der Waals surface area contributed by atoms with Gasteiger partial charge in [0, 0.05) is 42.9 Å². The van der Waals surface area contributed by atoms with E-state index in [0.717, 1.165) is 16.7 Å². The molecule has 0 spiro atoms. The number of nitrogens with zero attached hydrogens (tertiary/aromatic N) is 4. The Bertz CT molecular complexity index is 895. The number of para-hydroxylation sites is 1. The minimum Gasteiger partial charge on any atom is -0.347 e. The van der Waals surface area contributed by atoms with E-state index < -0.39 is 0 Å². The Labute approximate surface area is 158 Å². The fourth-order valence-electron chi connectivity index (χ4n) is 3.74. The molecule has 2 aliphatic rings. The predicted molar refractivity (Wildman–Crippen MR) is 105 cm³/mol. The lowest BCUT2D eigenvalue weighted by atomic mass is 9.83. The molecule has 1 aromatic heterocycles. The van der Waals surface area contributed by atoms with Gasteiger partial charge >= 0.3 is 0 Å². The van der Waals surface area contributed by atoms with Crippen molar-refractivity contribution in [2.45, 2.75) is 43.2 Å². The molecule has 0 bridgehead atoms. The Kier molecular flexibility index (Phi) is 4.18. The first kappa shape index (κ1) is 17.3. The van der Waals surface area contributed by atoms with E-state index in [0.29, 0.717) is 11.7 Å². The van der Waals surface area contributed by atoms with Gasteiger partial charge in [-0.05, 0) is 24.5 Å². The molecule has 0 N–H and O–H groups in total. The summed E-state index contributed by atoms with van der Waals surface area (Å²) < 4.78 is 2.03. The van der Waals surface area contributed by atoms with Crippen LogP contribution in [0.1, 0.15) is 44.0 Å². The molecule has 5 nitrogen and oxygen atoms in total. The third kappa shape index (κ3) is 2.86. The molecule has 0 unspecified atom stereocenters. The number of hydrogen-bond acceptors (Lipinski definition) is 5. The second-order valence-corrected chi connectivity index (χ2v) is 8.60. The number of likely N-dealkylation sites (N-methyl/N-ethyl adjacent to an activating group) is 1. The third-order valence-corrected chi connectivity index (χ3v) is 6.44. The van der Waals surface area contributed by atoms with Crippen molar-refractivity contribution in [2.75, 3.05) is 17.7 Å². The number of thioether (sulfide) groups is 1. The van der Waals surface area contributed by atoms with Gasteiger partial charge in [0.15, 0.2) is 10.9 Å². The monoisotopic (exact) mass is 368 g/mol. The van der Waals surface area contributed by atoms with Crippen molar-refractivity contribution in [2.24, 2.45) is 7.05 Å². The zero-order valence-electron chi connectivity index (χ0n) is 15.7. The van der Waals surface area contributed by atoms with Crippen LogP contribution in [-0.2, 0) is 17.3 Å². The fraction of sp³-hybridized carbons (Fsp3) is 0.450. The summed E-state index contributed by atoms with van der Waals surface area (Å²) in [6.45, 7) is 4.35. The summed E-state index contributed by atoms with van der Waals surface area (Å²) in [5.41, 5.74) is 3.30. The fourth-order valence-corrected chi connectivity index (χ4v) is 4.48. The zero-order chi connectivity index (χ0) is 18.5. The molecule has 1 aromatic carbocycles. The number of carbonyl (C=O) groups is 1. The third-order valence-electron chi connectivity index (χ3n) is 5.39. The zero-order valence-corrected chi connectivity index (χ0v) is 16.5. The van der Waals surface area contributed by atoms with Crippen molar-refractivity contribution in [3.63, 3.8) is 0 Å². The van der Waals surface area contributed by atoms with E-state index in [9.17, 15) is 4.79 Å². The molecule has 0 radical (unpaired) electrons. The van der Waals surface area contributed by atoms with Crippen LogP contribution in [0.15, 0.2) is 41.2 Å². The highest BCUT2D eigenvalue weighted by atomic mass is 32.2. The van der Waals surface area contributed by atoms with Crippen molar-refractivity contribution in [3.05, 3.63) is 47.4 Å². The number of fused-ring (bicyclic) bond motifs is 1. The molecule has 1 saturated carbocycles. The first-order valence-electron chi connectivity index (χ1n) is 9.00. The number of rotatable bonds is 5. The predicted octanol–water partition coefficient (Wildman–Crippen LogP) is 3.67. The van der Waals surface area contributed by atoms with Gasteiger partial charge in [0.25, 0.3) is 0 Å². The number of ketones is 1. The highest BCUT2D eigenvalue weighted by Crippen LogP contribution is 2.46. The van der Waals surface area contributed by atoms with Gasteiger partial charge in [-0.1, -0.05) is 43.8 Å². The van der Waals surface area contributed by atoms with Gasteiger partial charge in [0.05, 0.1) is 5.75 Å². The molecular weight excluding hydrogens is 344 g/mol. The Balaban J connectivity index is 1.49. The molecule has 4 rings (SSSR count). The number of hydrogen-bond donors (Lipinski definition) is 0. The van der Waals surface area contributed by atoms with Gasteiger partial charge < -0.3 is 9.47 Å². The van der Waals surface area contributed by atoms with Crippen molar-refractivity contribution in [1.82, 2.24) is 14.8 Å². The van der Waals surface area contributed by atoms with Crippen molar-refractivity contribution in [3.8, 4) is 0 Å². The number of anilines is 1. The Morgan fingerprint density at radius 1 is 1.27 bits per heavy atom. The van der Waals surface area contributed by atoms with E-state index in [2.05, 4.69) is 47.1 Å². The lowest BCUT2D eigenvalue weighted by molar-refractivity contribution is -0.112. The summed E-state index contributed by atoms with van der Waals surface area (Å²) in [5.74, 6) is 2.09. The number of benzene rings is 1. The minimum absolute atomic E-state index is 0.105. The van der Waals surface area contributed by atoms with Gasteiger partial charge in [-0.2, -0.15) is 0 Å². The van der Waals surface area contributed by atoms with Gasteiger partial charge in [-0.15, -0.1) is 10.2 Å². The normalized spacial score (nSPS) is 19.8. The maximum absolute atomic E-state index is 12.6. The van der Waals surface area contributed by atoms with Gasteiger partial charge in [0.1, 0.15) is 5.82 Å². The molecule has 6 heteroatoms. The number of allylic oxidation sites excluding steroid dienone is 2. The van der Waals surface area contributed by atoms with E-state index in [4.69, 9.17) is 0 Å². The lowest BCUT2D eigenvalue weighted by Crippen LogP contribution is -2.24. The lowest BCUT2D eigenvalue weighted by Gasteiger charge is -2.23. The summed E-state index contributed by atoms with van der Waals surface area (Å²) in [4.78, 5) is 14.8. The molecule has 0 saturated heterocycles. The molecule has 0 atom stereocenters. The Hall–Kier alpha value is -2.08. The summed E-state index contributed by atoms with van der Waals surface area (Å²) in [6, 6.07) is 8.35. The highest BCUT2D eigenvalue weighted by molar-refractivity contribution is 7.99. The average Bonchev–Trinajstić information content (AvgIpc) is 3.37. The van der Waals surface area contributed by atoms with Crippen LogP contribution in [0.4, 0.5) is 5.69 Å². The van der Waals surface area contributed by atoms with E-state index in [1.165, 1.54) is 35.9 Å². The Morgan fingerprint density at radius 2 is 2.00 bits per heavy atom. The summed E-state index contributed by atoms with van der Waals surface area (Å²) in [7, 11) is 4.02. The second kappa shape index (κ2) is 6.27. The smallest absolute Gasteiger partial charge is 0.191 e. The van der Waals surface area contributed by atoms with Crippen molar-refractivity contribution >= 4 is 23.2 Å². The molecule has 0 amide bonds. The highest BCUT2D eigenvalue weighted by Gasteiger charge is 2.38. The molecule has 2 aromatic rings. The van der Waals surface area contributed by atoms with Crippen LogP contribution in [0.5, 0.6) is 0 Å². The van der Waals surface area contributed by atoms with Crippen LogP contribution < -0.4 is 4.90 Å². The van der Waals surface area contributed by atoms with Crippen LogP contribution in [-0.4, -0.2) is 33.3 Å². The van der Waals surface area contributed by atoms with Crippen LogP contribution in [0.25, 0.3) is 0 Å². The summed E-state index contributed by atoms with van der Waals surface area (Å²) in [5, 5.41) is 9.35. The van der Waals surface area contributed by atoms with Gasteiger partial charge in [0.2, 0.25) is 0 Å². The van der Waals surface area contributed by atoms with Crippen molar-refractivity contribution in [1.29, 1.82) is 0 Å². The van der Waals surface area contributed by atoms with E-state index in [1.807, 2.05) is 24.7 Å². The maximum atomic E-state index is 12.6. The minimum atomic E-state index is -0.171. The molecule has 1 aliphatic carbocycles. The molecule has 26 heavy (non-hydrogen) atoms. The molecule has 136 valence electrons. The van der Waals surface area contributed by atoms with E-state index >= 15 is 0 Å². The molecule has 1 fully saturated rings. The summed E-state index contributed by atoms with van der Waals surface area (Å²) in [6.07, 6.45) is 4.19. The van der Waals surface area contributed by atoms with Crippen LogP contribution in [0.2, 0.25) is 0 Å². The van der Waals surface area contributed by atoms with Crippen LogP contribution in [0, 0.1) is 0 Å². The molecule has 1 aliphatic heterocycles. The maximum Gasteiger partial charge on any atom is 0.191 e. The standard InChI is InChI=1S/C20H24N4OS/c1-20(2)15-7-5-6-8-16(15)23(3)17(20)11-14(25)12-26-19-22-21-18(24(19)4)13-9-10-13/h5-8,11,13H,9-10,12H2,1-4H3/b17-11-. The Morgan fingerprint density at radius 3 is 2.69 bits per heavy atom. The number of aromatic nitrogens is 3. The second-order valence-electron chi connectivity index (χ2n) is 7.66. The summed E-state index contributed by atoms with van der Waals surface area (Å²) >= 11 is 1.47. The molecule has 2 heterocycles. The SMILES string of the molecule is CN1/C(=C\C(=O)CSc2nnc(C3CC3)n2C)C(C)(C)c2ccccc21. The first-order chi connectivity index (χ1) is 12.4. The topological polar surface area (TPSA) is 51.0 Å². The quantitative estimate of drug-likeness (QED) is 0.595. The van der Waals surface area contributed by atoms with E-state index in [1.54, 1.807) is 6.08 Å². The number of carbonyl (C=O) groups excluding carboxylic acids is 1. The van der Waals surface area contributed by atoms with Gasteiger partial charge in [-0.25, -0.2) is 0 Å².